The van der Waals surface area contributed by atoms with Gasteiger partial charge in [-0.15, -0.1) is 0 Å². The minimum absolute atomic E-state index is 0.0585. The molecule has 0 radical (unpaired) electrons. The lowest BCUT2D eigenvalue weighted by atomic mass is 9.77. The highest BCUT2D eigenvalue weighted by atomic mass is 19.2. The van der Waals surface area contributed by atoms with Crippen LogP contribution in [0.25, 0.3) is 11.4 Å². The fraction of sp³-hybridized carbons (Fsp3) is 0.522. The molecule has 3 aliphatic heterocycles. The number of carbonyl (C=O) groups excluding carboxylic acids is 2. The molecule has 2 saturated heterocycles. The third-order valence-electron chi connectivity index (χ3n) is 7.25. The van der Waals surface area contributed by atoms with Gasteiger partial charge in [-0.1, -0.05) is 0 Å². The summed E-state index contributed by atoms with van der Waals surface area (Å²) in [6.07, 6.45) is 2.70. The van der Waals surface area contributed by atoms with Crippen molar-refractivity contribution in [1.82, 2.24) is 24.7 Å². The third kappa shape index (κ3) is 3.70. The molecule has 0 aliphatic carbocycles. The topological polar surface area (TPSA) is 70.5 Å². The van der Waals surface area contributed by atoms with Crippen LogP contribution < -0.4 is 5.32 Å². The van der Waals surface area contributed by atoms with Gasteiger partial charge in [0.05, 0.1) is 16.7 Å². The van der Waals surface area contributed by atoms with Crippen molar-refractivity contribution < 1.29 is 22.8 Å². The molecular formula is C23H26F3N5O2. The number of nitrogens with one attached hydrogen (secondary N) is 1. The number of fused-ring (bicyclic) bond motifs is 1. The average Bonchev–Trinajstić information content (AvgIpc) is 3.24. The Morgan fingerprint density at radius 2 is 1.76 bits per heavy atom. The SMILES string of the molecule is CN1CCCn2c(-c3cc(F)c(F)cc3F)nc(C(=O)N3CCC4(CCNC4=O)CC3)c2C1. The van der Waals surface area contributed by atoms with Gasteiger partial charge in [0.25, 0.3) is 5.91 Å². The van der Waals surface area contributed by atoms with Crippen LogP contribution in [0.15, 0.2) is 12.1 Å². The van der Waals surface area contributed by atoms with Crippen LogP contribution in [0.5, 0.6) is 0 Å². The maximum Gasteiger partial charge on any atom is 0.274 e. The first-order chi connectivity index (χ1) is 15.8. The maximum atomic E-state index is 14.6. The molecule has 4 heterocycles. The summed E-state index contributed by atoms with van der Waals surface area (Å²) in [6, 6.07) is 1.31. The number of piperidine rings is 1. The zero-order valence-corrected chi connectivity index (χ0v) is 18.5. The first-order valence-corrected chi connectivity index (χ1v) is 11.3. The van der Waals surface area contributed by atoms with Crippen LogP contribution in [0.3, 0.4) is 0 Å². The van der Waals surface area contributed by atoms with E-state index in [4.69, 9.17) is 0 Å². The molecule has 1 spiro atoms. The standard InChI is InChI=1S/C23H26F3N5O2/c1-29-7-2-8-31-18(13-29)19(28-20(31)14-11-16(25)17(26)12-15(14)24)21(32)30-9-4-23(5-10-30)3-6-27-22(23)33/h11-12H,2-10,13H2,1H3,(H,27,33). The van der Waals surface area contributed by atoms with E-state index in [1.807, 2.05) is 7.05 Å². The van der Waals surface area contributed by atoms with E-state index in [1.54, 1.807) is 9.47 Å². The average molecular weight is 461 g/mol. The van der Waals surface area contributed by atoms with E-state index in [0.717, 1.165) is 25.5 Å². The van der Waals surface area contributed by atoms with Crippen LogP contribution >= 0.6 is 0 Å². The Kier molecular flexibility index (Phi) is 5.43. The Morgan fingerprint density at radius 1 is 1.03 bits per heavy atom. The van der Waals surface area contributed by atoms with Gasteiger partial charge in [-0.25, -0.2) is 18.2 Å². The first-order valence-electron chi connectivity index (χ1n) is 11.3. The summed E-state index contributed by atoms with van der Waals surface area (Å²) in [5, 5.41) is 2.89. The number of nitrogens with zero attached hydrogens (tertiary/aromatic N) is 4. The highest BCUT2D eigenvalue weighted by Gasteiger charge is 2.45. The van der Waals surface area contributed by atoms with Crippen LogP contribution in [0, 0.1) is 22.9 Å². The Balaban J connectivity index is 1.51. The number of rotatable bonds is 2. The van der Waals surface area contributed by atoms with Gasteiger partial charge >= 0.3 is 0 Å². The van der Waals surface area contributed by atoms with E-state index in [1.165, 1.54) is 0 Å². The highest BCUT2D eigenvalue weighted by molar-refractivity contribution is 5.95. The molecule has 1 N–H and O–H groups in total. The Hall–Kier alpha value is -2.88. The lowest BCUT2D eigenvalue weighted by Gasteiger charge is -2.37. The summed E-state index contributed by atoms with van der Waals surface area (Å²) >= 11 is 0. The Labute approximate surface area is 189 Å². The Bertz CT molecular complexity index is 1120. The zero-order chi connectivity index (χ0) is 23.3. The van der Waals surface area contributed by atoms with Gasteiger partial charge in [0.15, 0.2) is 17.3 Å². The van der Waals surface area contributed by atoms with Crippen molar-refractivity contribution in [2.75, 3.05) is 33.2 Å². The van der Waals surface area contributed by atoms with Crippen LogP contribution in [-0.4, -0.2) is 64.4 Å². The summed E-state index contributed by atoms with van der Waals surface area (Å²) in [5.74, 6) is -3.46. The van der Waals surface area contributed by atoms with Gasteiger partial charge in [-0.05, 0) is 45.3 Å². The smallest absolute Gasteiger partial charge is 0.274 e. The van der Waals surface area contributed by atoms with Gasteiger partial charge in [-0.3, -0.25) is 9.59 Å². The number of hydrogen-bond acceptors (Lipinski definition) is 4. The monoisotopic (exact) mass is 461 g/mol. The maximum absolute atomic E-state index is 14.6. The summed E-state index contributed by atoms with van der Waals surface area (Å²) in [7, 11) is 1.93. The Morgan fingerprint density at radius 3 is 2.45 bits per heavy atom. The molecule has 2 amide bonds. The molecule has 0 saturated carbocycles. The predicted molar refractivity (Wildman–Crippen MR) is 114 cm³/mol. The minimum atomic E-state index is -1.27. The van der Waals surface area contributed by atoms with E-state index in [2.05, 4.69) is 15.2 Å². The number of halogens is 3. The zero-order valence-electron chi connectivity index (χ0n) is 18.5. The quantitative estimate of drug-likeness (QED) is 0.698. The molecule has 5 rings (SSSR count). The van der Waals surface area contributed by atoms with Crippen molar-refractivity contribution in [1.29, 1.82) is 0 Å². The summed E-state index contributed by atoms with van der Waals surface area (Å²) in [6.45, 7) is 3.22. The van der Waals surface area contributed by atoms with E-state index < -0.39 is 22.9 Å². The minimum Gasteiger partial charge on any atom is -0.356 e. The van der Waals surface area contributed by atoms with Crippen molar-refractivity contribution >= 4 is 11.8 Å². The molecule has 0 atom stereocenters. The van der Waals surface area contributed by atoms with Gasteiger partial charge in [-0.2, -0.15) is 0 Å². The summed E-state index contributed by atoms with van der Waals surface area (Å²) < 4.78 is 43.9. The van der Waals surface area contributed by atoms with Gasteiger partial charge in [0, 0.05) is 38.8 Å². The predicted octanol–water partition coefficient (Wildman–Crippen LogP) is 2.55. The molecular weight excluding hydrogens is 435 g/mol. The van der Waals surface area contributed by atoms with Crippen LogP contribution in [0.2, 0.25) is 0 Å². The van der Waals surface area contributed by atoms with E-state index >= 15 is 0 Å². The molecule has 0 bridgehead atoms. The number of hydrogen-bond donors (Lipinski definition) is 1. The van der Waals surface area contributed by atoms with Crippen molar-refractivity contribution in [3.05, 3.63) is 41.0 Å². The van der Waals surface area contributed by atoms with Crippen molar-refractivity contribution in [2.45, 2.75) is 38.8 Å². The fourth-order valence-electron chi connectivity index (χ4n) is 5.27. The third-order valence-corrected chi connectivity index (χ3v) is 7.25. The van der Waals surface area contributed by atoms with Crippen molar-refractivity contribution in [2.24, 2.45) is 5.41 Å². The summed E-state index contributed by atoms with van der Waals surface area (Å²) in [5.41, 5.74) is 0.272. The number of aromatic nitrogens is 2. The summed E-state index contributed by atoms with van der Waals surface area (Å²) in [4.78, 5) is 34.0. The normalized spacial score (nSPS) is 20.6. The largest absolute Gasteiger partial charge is 0.356 e. The highest BCUT2D eigenvalue weighted by Crippen LogP contribution is 2.38. The van der Waals surface area contributed by atoms with Gasteiger partial charge in [0.1, 0.15) is 11.6 Å². The lowest BCUT2D eigenvalue weighted by Crippen LogP contribution is -2.46. The number of likely N-dealkylation sites (tertiary alicyclic amines) is 1. The second kappa shape index (κ2) is 8.16. The number of imidazole rings is 1. The van der Waals surface area contributed by atoms with E-state index in [-0.39, 0.29) is 28.9 Å². The number of carbonyl (C=O) groups is 2. The lowest BCUT2D eigenvalue weighted by molar-refractivity contribution is -0.129. The molecule has 2 fully saturated rings. The number of benzene rings is 1. The van der Waals surface area contributed by atoms with Crippen LogP contribution in [-0.2, 0) is 17.9 Å². The molecule has 1 aromatic carbocycles. The molecule has 3 aliphatic rings. The van der Waals surface area contributed by atoms with E-state index in [9.17, 15) is 22.8 Å². The second-order valence-electron chi connectivity index (χ2n) is 9.30. The van der Waals surface area contributed by atoms with Gasteiger partial charge in [0.2, 0.25) is 5.91 Å². The van der Waals surface area contributed by atoms with Crippen molar-refractivity contribution in [3.63, 3.8) is 0 Å². The molecule has 1 aromatic heterocycles. The van der Waals surface area contributed by atoms with Crippen LogP contribution in [0.4, 0.5) is 13.2 Å². The molecule has 7 nitrogen and oxygen atoms in total. The van der Waals surface area contributed by atoms with E-state index in [0.29, 0.717) is 57.3 Å². The number of amides is 2. The van der Waals surface area contributed by atoms with Crippen molar-refractivity contribution in [3.8, 4) is 11.4 Å². The molecule has 176 valence electrons. The molecule has 2 aromatic rings. The fourth-order valence-corrected chi connectivity index (χ4v) is 5.27. The second-order valence-corrected chi connectivity index (χ2v) is 9.30. The first kappa shape index (κ1) is 21.9. The van der Waals surface area contributed by atoms with Gasteiger partial charge < -0.3 is 19.7 Å². The molecule has 33 heavy (non-hydrogen) atoms. The molecule has 0 unspecified atom stereocenters. The molecule has 10 heteroatoms. The van der Waals surface area contributed by atoms with Crippen LogP contribution in [0.1, 0.15) is 41.9 Å².